The minimum atomic E-state index is 0.434. The van der Waals surface area contributed by atoms with Gasteiger partial charge in [0, 0.05) is 19.0 Å². The number of rotatable bonds is 1. The molecule has 1 aromatic rings. The Balaban J connectivity index is 1.91. The van der Waals surface area contributed by atoms with Gasteiger partial charge in [0.2, 0.25) is 6.39 Å². The highest BCUT2D eigenvalue weighted by Crippen LogP contribution is 2.49. The number of nitrogens with zero attached hydrogens (tertiary/aromatic N) is 2. The van der Waals surface area contributed by atoms with E-state index in [9.17, 15) is 0 Å². The van der Waals surface area contributed by atoms with Gasteiger partial charge in [-0.25, -0.2) is 0 Å². The third kappa shape index (κ3) is 1.10. The van der Waals surface area contributed by atoms with Crippen molar-refractivity contribution in [1.82, 2.24) is 15.5 Å². The summed E-state index contributed by atoms with van der Waals surface area (Å²) in [7, 11) is 0. The van der Waals surface area contributed by atoms with Gasteiger partial charge in [0.05, 0.1) is 0 Å². The first-order valence-electron chi connectivity index (χ1n) is 5.38. The molecule has 2 heterocycles. The fourth-order valence-electron chi connectivity index (χ4n) is 3.11. The molecule has 4 nitrogen and oxygen atoms in total. The number of hydrogen-bond donors (Lipinski definition) is 1. The second-order valence-electron chi connectivity index (χ2n) is 4.54. The Morgan fingerprint density at radius 2 is 2.29 bits per heavy atom. The first kappa shape index (κ1) is 8.41. The topological polar surface area (TPSA) is 51.0 Å². The zero-order valence-electron chi connectivity index (χ0n) is 8.20. The van der Waals surface area contributed by atoms with Crippen LogP contribution >= 0.6 is 0 Å². The molecule has 1 atom stereocenters. The van der Waals surface area contributed by atoms with Crippen molar-refractivity contribution in [2.45, 2.75) is 31.6 Å². The van der Waals surface area contributed by atoms with Crippen LogP contribution in [0.3, 0.4) is 0 Å². The van der Waals surface area contributed by atoms with E-state index in [1.165, 1.54) is 32.1 Å². The van der Waals surface area contributed by atoms with Crippen LogP contribution in [0.4, 0.5) is 0 Å². The monoisotopic (exact) mass is 193 g/mol. The molecular weight excluding hydrogens is 178 g/mol. The Morgan fingerprint density at radius 3 is 3.00 bits per heavy atom. The van der Waals surface area contributed by atoms with Gasteiger partial charge in [0.1, 0.15) is 0 Å². The van der Waals surface area contributed by atoms with E-state index >= 15 is 0 Å². The molecule has 1 aliphatic heterocycles. The average Bonchev–Trinajstić information content (AvgIpc) is 2.91. The maximum absolute atomic E-state index is 4.84. The summed E-state index contributed by atoms with van der Waals surface area (Å²) in [4.78, 5) is 4.20. The van der Waals surface area contributed by atoms with Crippen molar-refractivity contribution in [1.29, 1.82) is 0 Å². The van der Waals surface area contributed by atoms with Crippen molar-refractivity contribution in [3.63, 3.8) is 0 Å². The number of nitrogens with one attached hydrogen (secondary N) is 1. The minimum Gasteiger partial charge on any atom is -0.343 e. The van der Waals surface area contributed by atoms with Gasteiger partial charge < -0.3 is 9.84 Å². The molecule has 0 unspecified atom stereocenters. The van der Waals surface area contributed by atoms with Crippen molar-refractivity contribution in [3.05, 3.63) is 12.2 Å². The Bertz CT molecular complexity index is 298. The van der Waals surface area contributed by atoms with Crippen LogP contribution in [-0.4, -0.2) is 23.2 Å². The molecule has 3 rings (SSSR count). The molecule has 2 aliphatic rings. The summed E-state index contributed by atoms with van der Waals surface area (Å²) in [5.41, 5.74) is 0.434. The summed E-state index contributed by atoms with van der Waals surface area (Å²) >= 11 is 0. The lowest BCUT2D eigenvalue weighted by Gasteiger charge is -2.27. The predicted molar refractivity (Wildman–Crippen MR) is 50.8 cm³/mol. The van der Waals surface area contributed by atoms with Gasteiger partial charge in [0.25, 0.3) is 0 Å². The molecule has 0 amide bonds. The molecule has 1 saturated heterocycles. The Hall–Kier alpha value is -0.900. The summed E-state index contributed by atoms with van der Waals surface area (Å²) in [6, 6.07) is 0. The highest BCUT2D eigenvalue weighted by atomic mass is 16.5. The molecule has 1 saturated carbocycles. The van der Waals surface area contributed by atoms with E-state index in [1.54, 1.807) is 0 Å². The molecule has 0 aromatic carbocycles. The molecule has 14 heavy (non-hydrogen) atoms. The molecule has 4 heteroatoms. The Kier molecular flexibility index (Phi) is 1.83. The van der Waals surface area contributed by atoms with Gasteiger partial charge in [-0.3, -0.25) is 0 Å². The smallest absolute Gasteiger partial charge is 0.213 e. The average molecular weight is 193 g/mol. The number of hydrogen-bond acceptors (Lipinski definition) is 4. The lowest BCUT2D eigenvalue weighted by molar-refractivity contribution is 0.279. The minimum absolute atomic E-state index is 0.434. The van der Waals surface area contributed by atoms with Crippen LogP contribution in [0.1, 0.15) is 37.4 Å². The van der Waals surface area contributed by atoms with Gasteiger partial charge in [0.15, 0.2) is 5.82 Å². The van der Waals surface area contributed by atoms with Gasteiger partial charge in [-0.05, 0) is 18.3 Å². The van der Waals surface area contributed by atoms with Crippen LogP contribution < -0.4 is 5.32 Å². The third-order valence-electron chi connectivity index (χ3n) is 3.85. The van der Waals surface area contributed by atoms with Gasteiger partial charge >= 0.3 is 0 Å². The first-order chi connectivity index (χ1) is 6.91. The summed E-state index contributed by atoms with van der Waals surface area (Å²) in [5.74, 6) is 1.38. The fourth-order valence-corrected chi connectivity index (χ4v) is 3.11. The van der Waals surface area contributed by atoms with Gasteiger partial charge in [-0.15, -0.1) is 0 Å². The summed E-state index contributed by atoms with van der Waals surface area (Å²) < 4.78 is 4.84. The van der Waals surface area contributed by atoms with E-state index in [-0.39, 0.29) is 0 Å². The fraction of sp³-hybridized carbons (Fsp3) is 0.800. The molecule has 1 N–H and O–H groups in total. The lowest BCUT2D eigenvalue weighted by Crippen LogP contribution is -2.25. The zero-order chi connectivity index (χ0) is 9.43. The largest absolute Gasteiger partial charge is 0.343 e. The van der Waals surface area contributed by atoms with E-state index in [1.807, 2.05) is 0 Å². The molecule has 76 valence electrons. The standard InChI is InChI=1S/C10H15N3O/c1-2-4-10(3-1)6-11-5-8(10)9-12-7-14-13-9/h7-8,11H,1-6H2/t8-/m0/s1. The SMILES string of the molecule is c1nc([C@@H]2CNCC23CCCC3)no1. The van der Waals surface area contributed by atoms with Crippen LogP contribution in [0.5, 0.6) is 0 Å². The van der Waals surface area contributed by atoms with Crippen molar-refractivity contribution in [3.8, 4) is 0 Å². The Morgan fingerprint density at radius 1 is 1.43 bits per heavy atom. The molecular formula is C10H15N3O. The normalized spacial score (nSPS) is 30.1. The van der Waals surface area contributed by atoms with E-state index in [0.29, 0.717) is 11.3 Å². The van der Waals surface area contributed by atoms with Crippen LogP contribution in [0.2, 0.25) is 0 Å². The summed E-state index contributed by atoms with van der Waals surface area (Å²) in [6.45, 7) is 2.14. The van der Waals surface area contributed by atoms with Gasteiger partial charge in [-0.1, -0.05) is 18.0 Å². The first-order valence-corrected chi connectivity index (χ1v) is 5.38. The molecule has 1 aliphatic carbocycles. The highest BCUT2D eigenvalue weighted by Gasteiger charge is 2.47. The number of aromatic nitrogens is 2. The quantitative estimate of drug-likeness (QED) is 0.730. The van der Waals surface area contributed by atoms with Crippen LogP contribution in [-0.2, 0) is 0 Å². The lowest BCUT2D eigenvalue weighted by atomic mass is 9.76. The van der Waals surface area contributed by atoms with E-state index in [4.69, 9.17) is 4.52 Å². The van der Waals surface area contributed by atoms with E-state index in [2.05, 4.69) is 15.5 Å². The second kappa shape index (κ2) is 3.05. The molecule has 0 bridgehead atoms. The maximum atomic E-state index is 4.84. The summed E-state index contributed by atoms with van der Waals surface area (Å²) in [6.07, 6.45) is 6.79. The molecule has 1 aromatic heterocycles. The third-order valence-corrected chi connectivity index (χ3v) is 3.85. The molecule has 2 fully saturated rings. The predicted octanol–water partition coefficient (Wildman–Crippen LogP) is 1.32. The van der Waals surface area contributed by atoms with Crippen LogP contribution in [0.25, 0.3) is 0 Å². The van der Waals surface area contributed by atoms with E-state index in [0.717, 1.165) is 18.9 Å². The Labute approximate surface area is 83.1 Å². The van der Waals surface area contributed by atoms with Crippen molar-refractivity contribution in [2.75, 3.05) is 13.1 Å². The van der Waals surface area contributed by atoms with Gasteiger partial charge in [-0.2, -0.15) is 4.98 Å². The van der Waals surface area contributed by atoms with E-state index < -0.39 is 0 Å². The molecule has 1 spiro atoms. The maximum Gasteiger partial charge on any atom is 0.213 e. The molecule has 0 radical (unpaired) electrons. The van der Waals surface area contributed by atoms with Crippen molar-refractivity contribution >= 4 is 0 Å². The highest BCUT2D eigenvalue weighted by molar-refractivity contribution is 5.10. The van der Waals surface area contributed by atoms with Crippen LogP contribution in [0, 0.1) is 5.41 Å². The zero-order valence-corrected chi connectivity index (χ0v) is 8.20. The van der Waals surface area contributed by atoms with Crippen molar-refractivity contribution in [2.24, 2.45) is 5.41 Å². The second-order valence-corrected chi connectivity index (χ2v) is 4.54. The van der Waals surface area contributed by atoms with Crippen LogP contribution in [0.15, 0.2) is 10.9 Å². The van der Waals surface area contributed by atoms with Crippen molar-refractivity contribution < 1.29 is 4.52 Å². The summed E-state index contributed by atoms with van der Waals surface area (Å²) in [5, 5.41) is 7.46.